The SMILES string of the molecule is CCCOC(=O)c1c(O)c2c(Cl)cccc2n(C)c1=O. The van der Waals surface area contributed by atoms with Crippen molar-refractivity contribution in [3.05, 3.63) is 39.1 Å². The lowest BCUT2D eigenvalue weighted by atomic mass is 10.1. The van der Waals surface area contributed by atoms with E-state index in [0.717, 1.165) is 0 Å². The van der Waals surface area contributed by atoms with Crippen molar-refractivity contribution in [3.63, 3.8) is 0 Å². The molecule has 0 bridgehead atoms. The molecule has 2 rings (SSSR count). The Hall–Kier alpha value is -2.01. The van der Waals surface area contributed by atoms with Crippen molar-refractivity contribution in [3.8, 4) is 5.75 Å². The van der Waals surface area contributed by atoms with Crippen molar-refractivity contribution in [2.24, 2.45) is 7.05 Å². The summed E-state index contributed by atoms with van der Waals surface area (Å²) in [6, 6.07) is 4.89. The van der Waals surface area contributed by atoms with E-state index >= 15 is 0 Å². The van der Waals surface area contributed by atoms with Crippen LogP contribution in [0.2, 0.25) is 5.02 Å². The van der Waals surface area contributed by atoms with Crippen LogP contribution in [0.1, 0.15) is 23.7 Å². The van der Waals surface area contributed by atoms with Gasteiger partial charge in [-0.15, -0.1) is 0 Å². The van der Waals surface area contributed by atoms with Crippen LogP contribution >= 0.6 is 11.6 Å². The largest absolute Gasteiger partial charge is 0.506 e. The van der Waals surface area contributed by atoms with Gasteiger partial charge in [-0.2, -0.15) is 0 Å². The number of carbonyl (C=O) groups excluding carboxylic acids is 1. The third-order valence-corrected chi connectivity index (χ3v) is 3.30. The number of aryl methyl sites for hydroxylation is 1. The Labute approximate surface area is 120 Å². The summed E-state index contributed by atoms with van der Waals surface area (Å²) in [4.78, 5) is 24.1. The predicted molar refractivity (Wildman–Crippen MR) is 76.4 cm³/mol. The fraction of sp³-hybridized carbons (Fsp3) is 0.286. The molecule has 0 amide bonds. The first kappa shape index (κ1) is 14.4. The van der Waals surface area contributed by atoms with Gasteiger partial charge in [0.05, 0.1) is 22.5 Å². The molecule has 0 aliphatic heterocycles. The maximum Gasteiger partial charge on any atom is 0.347 e. The average molecular weight is 296 g/mol. The molecule has 0 saturated carbocycles. The van der Waals surface area contributed by atoms with Crippen molar-refractivity contribution >= 4 is 28.5 Å². The number of carbonyl (C=O) groups is 1. The van der Waals surface area contributed by atoms with Crippen molar-refractivity contribution < 1.29 is 14.6 Å². The van der Waals surface area contributed by atoms with Crippen LogP contribution in [-0.2, 0) is 11.8 Å². The van der Waals surface area contributed by atoms with Gasteiger partial charge in [0.2, 0.25) is 0 Å². The number of hydrogen-bond acceptors (Lipinski definition) is 4. The fourth-order valence-electron chi connectivity index (χ4n) is 1.98. The van der Waals surface area contributed by atoms with Crippen LogP contribution in [0, 0.1) is 0 Å². The fourth-order valence-corrected chi connectivity index (χ4v) is 2.24. The van der Waals surface area contributed by atoms with Crippen LogP contribution in [0.15, 0.2) is 23.0 Å². The Bertz CT molecular complexity index is 736. The Morgan fingerprint density at radius 1 is 1.45 bits per heavy atom. The summed E-state index contributed by atoms with van der Waals surface area (Å²) >= 11 is 6.04. The summed E-state index contributed by atoms with van der Waals surface area (Å²) in [5.41, 5.74) is -0.549. The molecule has 1 N–H and O–H groups in total. The van der Waals surface area contributed by atoms with E-state index < -0.39 is 17.3 Å². The van der Waals surface area contributed by atoms with Crippen molar-refractivity contribution in [2.75, 3.05) is 6.61 Å². The molecule has 106 valence electrons. The average Bonchev–Trinajstić information content (AvgIpc) is 2.42. The number of fused-ring (bicyclic) bond motifs is 1. The smallest absolute Gasteiger partial charge is 0.347 e. The molecule has 0 aliphatic rings. The second-order valence-electron chi connectivity index (χ2n) is 4.36. The first-order chi connectivity index (χ1) is 9.49. The molecule has 1 heterocycles. The molecule has 1 aromatic carbocycles. The van der Waals surface area contributed by atoms with Crippen LogP contribution in [0.25, 0.3) is 10.9 Å². The zero-order valence-corrected chi connectivity index (χ0v) is 11.9. The van der Waals surface area contributed by atoms with Gasteiger partial charge in [-0.05, 0) is 18.6 Å². The van der Waals surface area contributed by atoms with Crippen LogP contribution in [0.5, 0.6) is 5.75 Å². The number of aromatic hydroxyl groups is 1. The Kier molecular flexibility index (Phi) is 3.99. The molecule has 0 radical (unpaired) electrons. The van der Waals surface area contributed by atoms with Gasteiger partial charge in [0.1, 0.15) is 5.75 Å². The minimum absolute atomic E-state index is 0.183. The molecule has 2 aromatic rings. The number of esters is 1. The summed E-state index contributed by atoms with van der Waals surface area (Å²) in [7, 11) is 1.51. The lowest BCUT2D eigenvalue weighted by Gasteiger charge is -2.12. The summed E-state index contributed by atoms with van der Waals surface area (Å²) in [6.07, 6.45) is 0.626. The molecule has 6 heteroatoms. The van der Waals surface area contributed by atoms with Gasteiger partial charge in [0, 0.05) is 7.05 Å². The second-order valence-corrected chi connectivity index (χ2v) is 4.76. The minimum Gasteiger partial charge on any atom is -0.506 e. The monoisotopic (exact) mass is 295 g/mol. The highest BCUT2D eigenvalue weighted by Gasteiger charge is 2.23. The van der Waals surface area contributed by atoms with Crippen LogP contribution in [-0.4, -0.2) is 22.2 Å². The van der Waals surface area contributed by atoms with Crippen LogP contribution in [0.3, 0.4) is 0 Å². The first-order valence-corrected chi connectivity index (χ1v) is 6.54. The van der Waals surface area contributed by atoms with Gasteiger partial charge in [0.25, 0.3) is 5.56 Å². The van der Waals surface area contributed by atoms with E-state index in [9.17, 15) is 14.7 Å². The number of ether oxygens (including phenoxy) is 1. The molecule has 0 aliphatic carbocycles. The quantitative estimate of drug-likeness (QED) is 0.883. The normalized spacial score (nSPS) is 10.8. The van der Waals surface area contributed by atoms with Gasteiger partial charge in [-0.3, -0.25) is 4.79 Å². The highest BCUT2D eigenvalue weighted by atomic mass is 35.5. The van der Waals surface area contributed by atoms with E-state index in [1.165, 1.54) is 11.6 Å². The minimum atomic E-state index is -0.841. The zero-order chi connectivity index (χ0) is 14.9. The standard InChI is InChI=1S/C14H14ClNO4/c1-3-7-20-14(19)11-12(17)10-8(15)5-4-6-9(10)16(2)13(11)18/h4-6,17H,3,7H2,1-2H3. The number of hydrogen-bond donors (Lipinski definition) is 1. The third-order valence-electron chi connectivity index (χ3n) is 2.99. The molecule has 5 nitrogen and oxygen atoms in total. The number of benzene rings is 1. The summed E-state index contributed by atoms with van der Waals surface area (Å²) in [5.74, 6) is -1.28. The molecular formula is C14H14ClNO4. The van der Waals surface area contributed by atoms with E-state index in [0.29, 0.717) is 11.9 Å². The Morgan fingerprint density at radius 3 is 2.80 bits per heavy atom. The van der Waals surface area contributed by atoms with E-state index in [1.54, 1.807) is 18.2 Å². The van der Waals surface area contributed by atoms with E-state index in [2.05, 4.69) is 0 Å². The Morgan fingerprint density at radius 2 is 2.15 bits per heavy atom. The molecule has 0 atom stereocenters. The van der Waals surface area contributed by atoms with Gasteiger partial charge in [-0.25, -0.2) is 4.79 Å². The maximum absolute atomic E-state index is 12.2. The number of nitrogens with zero attached hydrogens (tertiary/aromatic N) is 1. The Balaban J connectivity index is 2.76. The van der Waals surface area contributed by atoms with Crippen molar-refractivity contribution in [1.29, 1.82) is 0 Å². The second kappa shape index (κ2) is 5.54. The van der Waals surface area contributed by atoms with Crippen molar-refractivity contribution in [2.45, 2.75) is 13.3 Å². The first-order valence-electron chi connectivity index (χ1n) is 6.16. The van der Waals surface area contributed by atoms with Gasteiger partial charge in [-0.1, -0.05) is 24.6 Å². The lowest BCUT2D eigenvalue weighted by Crippen LogP contribution is -2.26. The number of aromatic nitrogens is 1. The van der Waals surface area contributed by atoms with E-state index in [4.69, 9.17) is 16.3 Å². The van der Waals surface area contributed by atoms with E-state index in [-0.39, 0.29) is 22.6 Å². The number of halogens is 1. The summed E-state index contributed by atoms with van der Waals surface area (Å²) < 4.78 is 6.19. The molecule has 0 spiro atoms. The lowest BCUT2D eigenvalue weighted by molar-refractivity contribution is 0.0499. The molecule has 0 unspecified atom stereocenters. The topological polar surface area (TPSA) is 68.5 Å². The third kappa shape index (κ3) is 2.25. The highest BCUT2D eigenvalue weighted by molar-refractivity contribution is 6.36. The van der Waals surface area contributed by atoms with Gasteiger partial charge >= 0.3 is 5.97 Å². The highest BCUT2D eigenvalue weighted by Crippen LogP contribution is 2.32. The molecule has 1 aromatic heterocycles. The summed E-state index contributed by atoms with van der Waals surface area (Å²) in [6.45, 7) is 2.02. The van der Waals surface area contributed by atoms with Crippen molar-refractivity contribution in [1.82, 2.24) is 4.57 Å². The van der Waals surface area contributed by atoms with Gasteiger partial charge < -0.3 is 14.4 Å². The van der Waals surface area contributed by atoms with Gasteiger partial charge in [0.15, 0.2) is 5.56 Å². The summed E-state index contributed by atoms with van der Waals surface area (Å²) in [5, 5.41) is 10.7. The molecule has 0 saturated heterocycles. The van der Waals surface area contributed by atoms with Crippen LogP contribution in [0.4, 0.5) is 0 Å². The van der Waals surface area contributed by atoms with Crippen LogP contribution < -0.4 is 5.56 Å². The zero-order valence-electron chi connectivity index (χ0n) is 11.1. The number of rotatable bonds is 3. The number of pyridine rings is 1. The molecular weight excluding hydrogens is 282 g/mol. The maximum atomic E-state index is 12.2. The van der Waals surface area contributed by atoms with E-state index in [1.807, 2.05) is 6.92 Å². The molecule has 20 heavy (non-hydrogen) atoms. The molecule has 0 fully saturated rings. The predicted octanol–water partition coefficient (Wildman–Crippen LogP) is 2.46.